The van der Waals surface area contributed by atoms with Crippen LogP contribution in [0.1, 0.15) is 25.8 Å². The van der Waals surface area contributed by atoms with Gasteiger partial charge in [0.05, 0.1) is 18.2 Å². The van der Waals surface area contributed by atoms with Crippen LogP contribution < -0.4 is 14.8 Å². The summed E-state index contributed by atoms with van der Waals surface area (Å²) in [5.74, 6) is 2.68. The van der Waals surface area contributed by atoms with Crippen molar-refractivity contribution in [3.8, 4) is 11.5 Å². The molecule has 0 aliphatic heterocycles. The molecule has 0 aromatic heterocycles. The maximum atomic E-state index is 5.84. The molecule has 0 saturated heterocycles. The van der Waals surface area contributed by atoms with E-state index in [1.165, 1.54) is 5.56 Å². The zero-order chi connectivity index (χ0) is 15.0. The van der Waals surface area contributed by atoms with Gasteiger partial charge in [-0.15, -0.1) is 0 Å². The van der Waals surface area contributed by atoms with E-state index in [4.69, 9.17) is 9.47 Å². The minimum absolute atomic E-state index is 0.460. The molecule has 0 aliphatic rings. The SMILES string of the molecule is COc1cc(CNC(C)C)cc(Br)c1OCCCSC. The zero-order valence-electron chi connectivity index (χ0n) is 12.7. The monoisotopic (exact) mass is 361 g/mol. The highest BCUT2D eigenvalue weighted by Crippen LogP contribution is 2.36. The number of halogens is 1. The lowest BCUT2D eigenvalue weighted by molar-refractivity contribution is 0.293. The van der Waals surface area contributed by atoms with E-state index in [0.717, 1.165) is 34.7 Å². The Morgan fingerprint density at radius 3 is 2.70 bits per heavy atom. The first-order valence-corrected chi connectivity index (χ1v) is 8.98. The number of rotatable bonds is 9. The number of benzene rings is 1. The second-order valence-electron chi connectivity index (χ2n) is 4.84. The summed E-state index contributed by atoms with van der Waals surface area (Å²) < 4.78 is 12.2. The maximum Gasteiger partial charge on any atom is 0.175 e. The Kier molecular flexibility index (Phi) is 8.41. The fourth-order valence-corrected chi connectivity index (χ4v) is 2.73. The lowest BCUT2D eigenvalue weighted by Crippen LogP contribution is -2.21. The number of methoxy groups -OCH3 is 1. The highest BCUT2D eigenvalue weighted by atomic mass is 79.9. The minimum Gasteiger partial charge on any atom is -0.493 e. The van der Waals surface area contributed by atoms with Crippen LogP contribution in [0.4, 0.5) is 0 Å². The number of hydrogen-bond acceptors (Lipinski definition) is 4. The molecule has 0 bridgehead atoms. The van der Waals surface area contributed by atoms with Crippen LogP contribution >= 0.6 is 27.7 Å². The molecule has 114 valence electrons. The van der Waals surface area contributed by atoms with E-state index in [2.05, 4.69) is 47.4 Å². The molecule has 0 aliphatic carbocycles. The van der Waals surface area contributed by atoms with Gasteiger partial charge in [0.1, 0.15) is 0 Å². The third-order valence-corrected chi connectivity index (χ3v) is 4.03. The molecule has 20 heavy (non-hydrogen) atoms. The van der Waals surface area contributed by atoms with Gasteiger partial charge in [-0.25, -0.2) is 0 Å². The maximum absolute atomic E-state index is 5.84. The lowest BCUT2D eigenvalue weighted by Gasteiger charge is -2.15. The van der Waals surface area contributed by atoms with Crippen molar-refractivity contribution in [1.29, 1.82) is 0 Å². The smallest absolute Gasteiger partial charge is 0.175 e. The molecule has 1 rings (SSSR count). The van der Waals surface area contributed by atoms with Crippen molar-refractivity contribution in [2.75, 3.05) is 25.7 Å². The van der Waals surface area contributed by atoms with Gasteiger partial charge in [0.2, 0.25) is 0 Å². The van der Waals surface area contributed by atoms with Crippen molar-refractivity contribution in [3.63, 3.8) is 0 Å². The van der Waals surface area contributed by atoms with Gasteiger partial charge in [0.25, 0.3) is 0 Å². The molecule has 0 radical (unpaired) electrons. The van der Waals surface area contributed by atoms with E-state index in [-0.39, 0.29) is 0 Å². The molecule has 1 N–H and O–H groups in total. The normalized spacial score (nSPS) is 10.9. The van der Waals surface area contributed by atoms with Crippen LogP contribution in [0.25, 0.3) is 0 Å². The van der Waals surface area contributed by atoms with Gasteiger partial charge in [-0.3, -0.25) is 0 Å². The first-order valence-electron chi connectivity index (χ1n) is 6.80. The molecule has 0 heterocycles. The van der Waals surface area contributed by atoms with Gasteiger partial charge in [0.15, 0.2) is 11.5 Å². The summed E-state index contributed by atoms with van der Waals surface area (Å²) in [5, 5.41) is 3.40. The Hall–Kier alpha value is -0.390. The summed E-state index contributed by atoms with van der Waals surface area (Å²) in [6.45, 7) is 5.80. The molecule has 0 amide bonds. The second kappa shape index (κ2) is 9.53. The van der Waals surface area contributed by atoms with E-state index in [9.17, 15) is 0 Å². The molecule has 0 saturated carbocycles. The van der Waals surface area contributed by atoms with Crippen LogP contribution in [0.2, 0.25) is 0 Å². The number of hydrogen-bond donors (Lipinski definition) is 1. The van der Waals surface area contributed by atoms with Crippen molar-refractivity contribution in [3.05, 3.63) is 22.2 Å². The van der Waals surface area contributed by atoms with Gasteiger partial charge in [-0.2, -0.15) is 11.8 Å². The number of thioether (sulfide) groups is 1. The summed E-state index contributed by atoms with van der Waals surface area (Å²) in [4.78, 5) is 0. The molecule has 0 unspecified atom stereocenters. The highest BCUT2D eigenvalue weighted by molar-refractivity contribution is 9.10. The molecule has 0 atom stereocenters. The summed E-state index contributed by atoms with van der Waals surface area (Å²) in [7, 11) is 1.68. The highest BCUT2D eigenvalue weighted by Gasteiger charge is 2.11. The second-order valence-corrected chi connectivity index (χ2v) is 6.68. The standard InChI is InChI=1S/C15H24BrNO2S/c1-11(2)17-10-12-8-13(16)15(14(9-12)18-3)19-6-5-7-20-4/h8-9,11,17H,5-7,10H2,1-4H3. The number of nitrogens with one attached hydrogen (secondary N) is 1. The van der Waals surface area contributed by atoms with Crippen LogP contribution in [0.5, 0.6) is 11.5 Å². The summed E-state index contributed by atoms with van der Waals surface area (Å²) in [6, 6.07) is 4.58. The third kappa shape index (κ3) is 5.94. The van der Waals surface area contributed by atoms with Crippen LogP contribution in [-0.4, -0.2) is 31.8 Å². The number of ether oxygens (including phenoxy) is 2. The van der Waals surface area contributed by atoms with Crippen molar-refractivity contribution >= 4 is 27.7 Å². The quantitative estimate of drug-likeness (QED) is 0.671. The first kappa shape index (κ1) is 17.7. The van der Waals surface area contributed by atoms with Gasteiger partial charge in [-0.05, 0) is 52.1 Å². The molecule has 3 nitrogen and oxygen atoms in total. The van der Waals surface area contributed by atoms with Gasteiger partial charge >= 0.3 is 0 Å². The van der Waals surface area contributed by atoms with Crippen molar-refractivity contribution in [2.45, 2.75) is 32.9 Å². The van der Waals surface area contributed by atoms with Crippen LogP contribution in [-0.2, 0) is 6.54 Å². The van der Waals surface area contributed by atoms with Crippen LogP contribution in [0.3, 0.4) is 0 Å². The van der Waals surface area contributed by atoms with Crippen LogP contribution in [0.15, 0.2) is 16.6 Å². The van der Waals surface area contributed by atoms with E-state index < -0.39 is 0 Å². The topological polar surface area (TPSA) is 30.5 Å². The summed E-state index contributed by atoms with van der Waals surface area (Å²) >= 11 is 5.41. The molecule has 1 aromatic carbocycles. The van der Waals surface area contributed by atoms with E-state index in [0.29, 0.717) is 12.6 Å². The Balaban J connectivity index is 2.74. The van der Waals surface area contributed by atoms with Crippen LogP contribution in [0, 0.1) is 0 Å². The fraction of sp³-hybridized carbons (Fsp3) is 0.600. The average Bonchev–Trinajstić information content (AvgIpc) is 2.42. The van der Waals surface area contributed by atoms with E-state index in [1.54, 1.807) is 7.11 Å². The molecule has 0 spiro atoms. The Labute approximate surface area is 134 Å². The Morgan fingerprint density at radius 2 is 2.10 bits per heavy atom. The van der Waals surface area contributed by atoms with Gasteiger partial charge in [0, 0.05) is 12.6 Å². The molecule has 1 aromatic rings. The molecule has 5 heteroatoms. The molecular formula is C15H24BrNO2S. The van der Waals surface area contributed by atoms with Crippen molar-refractivity contribution in [2.24, 2.45) is 0 Å². The predicted octanol–water partition coefficient (Wildman–Crippen LogP) is 4.09. The minimum atomic E-state index is 0.460. The zero-order valence-corrected chi connectivity index (χ0v) is 15.1. The summed E-state index contributed by atoms with van der Waals surface area (Å²) in [5.41, 5.74) is 1.18. The van der Waals surface area contributed by atoms with Gasteiger partial charge < -0.3 is 14.8 Å². The van der Waals surface area contributed by atoms with E-state index in [1.807, 2.05) is 17.8 Å². The molecule has 0 fully saturated rings. The third-order valence-electron chi connectivity index (χ3n) is 2.74. The van der Waals surface area contributed by atoms with E-state index >= 15 is 0 Å². The fourth-order valence-electron chi connectivity index (χ4n) is 1.71. The lowest BCUT2D eigenvalue weighted by atomic mass is 10.2. The summed E-state index contributed by atoms with van der Waals surface area (Å²) in [6.07, 6.45) is 3.14. The van der Waals surface area contributed by atoms with Crippen molar-refractivity contribution < 1.29 is 9.47 Å². The largest absolute Gasteiger partial charge is 0.493 e. The van der Waals surface area contributed by atoms with Crippen molar-refractivity contribution in [1.82, 2.24) is 5.32 Å². The average molecular weight is 362 g/mol. The Morgan fingerprint density at radius 1 is 1.35 bits per heavy atom. The predicted molar refractivity (Wildman–Crippen MR) is 91.2 cm³/mol. The Bertz CT molecular complexity index is 413. The molecular weight excluding hydrogens is 338 g/mol. The van der Waals surface area contributed by atoms with Gasteiger partial charge in [-0.1, -0.05) is 13.8 Å². The first-order chi connectivity index (χ1) is 9.58.